The van der Waals surface area contributed by atoms with Crippen LogP contribution in [0.5, 0.6) is 0 Å². The lowest BCUT2D eigenvalue weighted by atomic mass is 9.87. The molecular weight excluding hydrogens is 198 g/mol. The van der Waals surface area contributed by atoms with Gasteiger partial charge in [0.05, 0.1) is 5.25 Å². The van der Waals surface area contributed by atoms with Crippen LogP contribution in [0.1, 0.15) is 46.5 Å². The monoisotopic (exact) mass is 219 g/mol. The SMILES string of the molecule is CC1CCCCC1NS(=O)(=O)C(C)C. The molecule has 0 aromatic carbocycles. The van der Waals surface area contributed by atoms with E-state index in [1.807, 2.05) is 0 Å². The van der Waals surface area contributed by atoms with Gasteiger partial charge in [0.2, 0.25) is 10.0 Å². The number of hydrogen-bond donors (Lipinski definition) is 1. The number of sulfonamides is 1. The first kappa shape index (κ1) is 12.0. The lowest BCUT2D eigenvalue weighted by Crippen LogP contribution is -2.43. The molecule has 2 atom stereocenters. The van der Waals surface area contributed by atoms with E-state index in [2.05, 4.69) is 11.6 Å². The van der Waals surface area contributed by atoms with Crippen molar-refractivity contribution in [2.45, 2.75) is 57.7 Å². The summed E-state index contributed by atoms with van der Waals surface area (Å²) in [6.45, 7) is 5.57. The summed E-state index contributed by atoms with van der Waals surface area (Å²) in [4.78, 5) is 0. The van der Waals surface area contributed by atoms with Gasteiger partial charge in [-0.3, -0.25) is 0 Å². The number of nitrogens with one attached hydrogen (secondary N) is 1. The van der Waals surface area contributed by atoms with E-state index >= 15 is 0 Å². The third-order valence-electron chi connectivity index (χ3n) is 3.05. The molecule has 0 aliphatic heterocycles. The zero-order valence-electron chi connectivity index (χ0n) is 9.29. The minimum atomic E-state index is -3.08. The fraction of sp³-hybridized carbons (Fsp3) is 1.00. The smallest absolute Gasteiger partial charge is 0.212 e. The highest BCUT2D eigenvalue weighted by Crippen LogP contribution is 2.24. The molecule has 0 spiro atoms. The zero-order valence-corrected chi connectivity index (χ0v) is 10.1. The molecule has 0 amide bonds. The van der Waals surface area contributed by atoms with Gasteiger partial charge in [-0.05, 0) is 32.6 Å². The Morgan fingerprint density at radius 3 is 2.29 bits per heavy atom. The molecule has 1 aliphatic carbocycles. The van der Waals surface area contributed by atoms with Gasteiger partial charge < -0.3 is 0 Å². The average Bonchev–Trinajstić information content (AvgIpc) is 2.08. The Labute approximate surface area is 87.3 Å². The number of hydrogen-bond acceptors (Lipinski definition) is 2. The Bertz CT molecular complexity index is 272. The van der Waals surface area contributed by atoms with E-state index < -0.39 is 10.0 Å². The van der Waals surface area contributed by atoms with Crippen LogP contribution in [0.2, 0.25) is 0 Å². The molecule has 84 valence electrons. The van der Waals surface area contributed by atoms with Crippen molar-refractivity contribution in [1.29, 1.82) is 0 Å². The van der Waals surface area contributed by atoms with E-state index in [0.29, 0.717) is 5.92 Å². The molecule has 1 N–H and O–H groups in total. The highest BCUT2D eigenvalue weighted by molar-refractivity contribution is 7.90. The summed E-state index contributed by atoms with van der Waals surface area (Å²) in [5, 5.41) is -0.323. The molecule has 2 unspecified atom stereocenters. The molecule has 0 radical (unpaired) electrons. The van der Waals surface area contributed by atoms with Gasteiger partial charge in [-0.2, -0.15) is 0 Å². The second-order valence-corrected chi connectivity index (χ2v) is 6.85. The quantitative estimate of drug-likeness (QED) is 0.788. The van der Waals surface area contributed by atoms with Crippen LogP contribution in [-0.2, 0) is 10.0 Å². The Balaban J connectivity index is 2.58. The zero-order chi connectivity index (χ0) is 10.8. The molecule has 3 nitrogen and oxygen atoms in total. The van der Waals surface area contributed by atoms with Gasteiger partial charge in [0.15, 0.2) is 0 Å². The maximum atomic E-state index is 11.6. The minimum Gasteiger partial charge on any atom is -0.212 e. The van der Waals surface area contributed by atoms with Gasteiger partial charge in [-0.25, -0.2) is 13.1 Å². The Morgan fingerprint density at radius 1 is 1.21 bits per heavy atom. The fourth-order valence-electron chi connectivity index (χ4n) is 1.84. The van der Waals surface area contributed by atoms with Crippen LogP contribution in [0, 0.1) is 5.92 Å². The second-order valence-electron chi connectivity index (χ2n) is 4.58. The first-order valence-electron chi connectivity index (χ1n) is 5.44. The molecule has 14 heavy (non-hydrogen) atoms. The first-order valence-corrected chi connectivity index (χ1v) is 6.99. The molecule has 0 saturated heterocycles. The molecule has 0 heterocycles. The summed E-state index contributed by atoms with van der Waals surface area (Å²) in [5.74, 6) is 0.484. The summed E-state index contributed by atoms with van der Waals surface area (Å²) < 4.78 is 26.1. The van der Waals surface area contributed by atoms with Crippen LogP contribution in [0.25, 0.3) is 0 Å². The molecule has 0 bridgehead atoms. The summed E-state index contributed by atoms with van der Waals surface area (Å²) in [6, 6.07) is 0.163. The molecule has 1 aliphatic rings. The average molecular weight is 219 g/mol. The summed E-state index contributed by atoms with van der Waals surface area (Å²) in [7, 11) is -3.08. The normalized spacial score (nSPS) is 29.4. The van der Waals surface area contributed by atoms with Crippen LogP contribution in [0.15, 0.2) is 0 Å². The van der Waals surface area contributed by atoms with Gasteiger partial charge in [-0.15, -0.1) is 0 Å². The van der Waals surface area contributed by atoms with Gasteiger partial charge >= 0.3 is 0 Å². The van der Waals surface area contributed by atoms with Crippen molar-refractivity contribution in [2.75, 3.05) is 0 Å². The summed E-state index contributed by atoms with van der Waals surface area (Å²) in [5.41, 5.74) is 0. The first-order chi connectivity index (χ1) is 6.43. The minimum absolute atomic E-state index is 0.163. The van der Waals surface area contributed by atoms with Crippen molar-refractivity contribution >= 4 is 10.0 Å². The third-order valence-corrected chi connectivity index (χ3v) is 4.92. The summed E-state index contributed by atoms with van der Waals surface area (Å²) in [6.07, 6.45) is 4.52. The maximum absolute atomic E-state index is 11.6. The Morgan fingerprint density at radius 2 is 1.79 bits per heavy atom. The van der Waals surface area contributed by atoms with Crippen molar-refractivity contribution in [3.8, 4) is 0 Å². The van der Waals surface area contributed by atoms with Crippen molar-refractivity contribution in [2.24, 2.45) is 5.92 Å². The van der Waals surface area contributed by atoms with Crippen LogP contribution >= 0.6 is 0 Å². The lowest BCUT2D eigenvalue weighted by molar-refractivity contribution is 0.310. The predicted molar refractivity (Wildman–Crippen MR) is 58.6 cm³/mol. The highest BCUT2D eigenvalue weighted by Gasteiger charge is 2.27. The van der Waals surface area contributed by atoms with E-state index in [0.717, 1.165) is 19.3 Å². The van der Waals surface area contributed by atoms with Crippen molar-refractivity contribution in [3.05, 3.63) is 0 Å². The Kier molecular flexibility index (Phi) is 3.95. The summed E-state index contributed by atoms with van der Waals surface area (Å²) >= 11 is 0. The van der Waals surface area contributed by atoms with E-state index in [1.165, 1.54) is 6.42 Å². The lowest BCUT2D eigenvalue weighted by Gasteiger charge is -2.29. The van der Waals surface area contributed by atoms with Crippen LogP contribution in [-0.4, -0.2) is 19.7 Å². The van der Waals surface area contributed by atoms with Gasteiger partial charge in [0.1, 0.15) is 0 Å². The van der Waals surface area contributed by atoms with Crippen LogP contribution in [0.3, 0.4) is 0 Å². The van der Waals surface area contributed by atoms with Gasteiger partial charge in [0.25, 0.3) is 0 Å². The molecule has 4 heteroatoms. The predicted octanol–water partition coefficient (Wildman–Crippen LogP) is 1.89. The standard InChI is InChI=1S/C10H21NO2S/c1-8(2)14(12,13)11-10-7-5-4-6-9(10)3/h8-11H,4-7H2,1-3H3. The molecule has 0 aromatic heterocycles. The van der Waals surface area contributed by atoms with E-state index in [4.69, 9.17) is 0 Å². The van der Waals surface area contributed by atoms with Crippen molar-refractivity contribution in [1.82, 2.24) is 4.72 Å². The molecule has 1 saturated carbocycles. The second kappa shape index (κ2) is 4.62. The van der Waals surface area contributed by atoms with E-state index in [1.54, 1.807) is 13.8 Å². The van der Waals surface area contributed by atoms with Crippen molar-refractivity contribution in [3.63, 3.8) is 0 Å². The molecule has 1 fully saturated rings. The topological polar surface area (TPSA) is 46.2 Å². The number of rotatable bonds is 3. The van der Waals surface area contributed by atoms with Gasteiger partial charge in [0, 0.05) is 6.04 Å². The van der Waals surface area contributed by atoms with Crippen molar-refractivity contribution < 1.29 is 8.42 Å². The largest absolute Gasteiger partial charge is 0.214 e. The molecule has 1 rings (SSSR count). The Hall–Kier alpha value is -0.0900. The highest BCUT2D eigenvalue weighted by atomic mass is 32.2. The third kappa shape index (κ3) is 2.95. The fourth-order valence-corrected chi connectivity index (χ4v) is 2.88. The molecule has 0 aromatic rings. The van der Waals surface area contributed by atoms with Crippen LogP contribution in [0.4, 0.5) is 0 Å². The maximum Gasteiger partial charge on any atom is 0.214 e. The van der Waals surface area contributed by atoms with E-state index in [-0.39, 0.29) is 11.3 Å². The van der Waals surface area contributed by atoms with Crippen LogP contribution < -0.4 is 4.72 Å². The van der Waals surface area contributed by atoms with E-state index in [9.17, 15) is 8.42 Å². The molecular formula is C10H21NO2S. The van der Waals surface area contributed by atoms with Gasteiger partial charge in [-0.1, -0.05) is 19.8 Å².